The lowest BCUT2D eigenvalue weighted by molar-refractivity contribution is -0.274. The van der Waals surface area contributed by atoms with E-state index in [0.717, 1.165) is 12.1 Å². The Hall–Kier alpha value is -3.96. The van der Waals surface area contributed by atoms with E-state index in [2.05, 4.69) is 9.72 Å². The van der Waals surface area contributed by atoms with Gasteiger partial charge in [-0.2, -0.15) is 13.2 Å². The molecule has 0 saturated carbocycles. The average molecular weight is 557 g/mol. The Morgan fingerprint density at radius 1 is 0.872 bits per heavy atom. The van der Waals surface area contributed by atoms with Crippen LogP contribution >= 0.6 is 0 Å². The molecule has 0 unspecified atom stereocenters. The summed E-state index contributed by atoms with van der Waals surface area (Å²) in [6.45, 7) is 6.19. The summed E-state index contributed by atoms with van der Waals surface area (Å²) >= 11 is 0. The van der Waals surface area contributed by atoms with E-state index in [1.54, 1.807) is 33.8 Å². The summed E-state index contributed by atoms with van der Waals surface area (Å²) in [5, 5.41) is 0. The van der Waals surface area contributed by atoms with Gasteiger partial charge < -0.3 is 18.9 Å². The molecule has 3 aromatic rings. The fourth-order valence-corrected chi connectivity index (χ4v) is 3.45. The molecule has 1 heterocycles. The summed E-state index contributed by atoms with van der Waals surface area (Å²) in [6.07, 6.45) is -9.71. The fourth-order valence-electron chi connectivity index (χ4n) is 3.45. The molecule has 0 atom stereocenters. The predicted molar refractivity (Wildman–Crippen MR) is 128 cm³/mol. The van der Waals surface area contributed by atoms with Crippen LogP contribution < -0.4 is 14.2 Å². The van der Waals surface area contributed by atoms with Crippen LogP contribution in [-0.4, -0.2) is 29.5 Å². The molecular formula is C27H25F6NO5. The van der Waals surface area contributed by atoms with Crippen LogP contribution in [0.15, 0.2) is 54.6 Å². The van der Waals surface area contributed by atoms with Gasteiger partial charge in [0.2, 0.25) is 0 Å². The van der Waals surface area contributed by atoms with Gasteiger partial charge in [-0.3, -0.25) is 0 Å². The number of nitrogens with zero attached hydrogens (tertiary/aromatic N) is 1. The van der Waals surface area contributed by atoms with Crippen LogP contribution in [0.4, 0.5) is 26.3 Å². The highest BCUT2D eigenvalue weighted by atomic mass is 19.4. The van der Waals surface area contributed by atoms with Gasteiger partial charge in [0.05, 0.1) is 12.3 Å². The molecule has 12 heteroatoms. The normalized spacial score (nSPS) is 12.2. The van der Waals surface area contributed by atoms with E-state index in [-0.39, 0.29) is 29.2 Å². The Labute approximate surface area is 220 Å². The number of rotatable bonds is 9. The van der Waals surface area contributed by atoms with Crippen molar-refractivity contribution in [1.29, 1.82) is 0 Å². The van der Waals surface area contributed by atoms with Crippen LogP contribution in [0.5, 0.6) is 17.2 Å². The third-order valence-corrected chi connectivity index (χ3v) is 5.30. The highest BCUT2D eigenvalue weighted by molar-refractivity contribution is 5.79. The van der Waals surface area contributed by atoms with Crippen molar-refractivity contribution in [1.82, 2.24) is 4.98 Å². The first kappa shape index (κ1) is 29.6. The van der Waals surface area contributed by atoms with Crippen molar-refractivity contribution in [3.63, 3.8) is 0 Å². The molecule has 0 N–H and O–H groups in total. The number of benzene rings is 2. The molecule has 1 aromatic heterocycles. The minimum Gasteiger partial charge on any atom is -0.489 e. The van der Waals surface area contributed by atoms with Crippen LogP contribution in [0, 0.1) is 6.92 Å². The van der Waals surface area contributed by atoms with Gasteiger partial charge in [-0.15, -0.1) is 13.2 Å². The van der Waals surface area contributed by atoms with Gasteiger partial charge in [-0.25, -0.2) is 9.78 Å². The maximum atomic E-state index is 13.8. The number of hydrogen-bond donors (Lipinski definition) is 0. The quantitative estimate of drug-likeness (QED) is 0.204. The molecule has 0 amide bonds. The van der Waals surface area contributed by atoms with Gasteiger partial charge in [-0.05, 0) is 81.8 Å². The summed E-state index contributed by atoms with van der Waals surface area (Å²) in [6, 6.07) is 11.4. The van der Waals surface area contributed by atoms with E-state index < -0.39 is 42.2 Å². The van der Waals surface area contributed by atoms with E-state index in [1.165, 1.54) is 36.4 Å². The molecule has 0 bridgehead atoms. The van der Waals surface area contributed by atoms with E-state index >= 15 is 0 Å². The second-order valence-corrected chi connectivity index (χ2v) is 8.82. The van der Waals surface area contributed by atoms with Crippen LogP contribution in [0.2, 0.25) is 0 Å². The fraction of sp³-hybridized carbons (Fsp3) is 0.333. The minimum absolute atomic E-state index is 0.0915. The highest BCUT2D eigenvalue weighted by Crippen LogP contribution is 2.34. The largest absolute Gasteiger partial charge is 0.573 e. The second kappa shape index (κ2) is 11.4. The average Bonchev–Trinajstić information content (AvgIpc) is 2.83. The highest BCUT2D eigenvalue weighted by Gasteiger charge is 2.36. The first-order valence-corrected chi connectivity index (χ1v) is 11.6. The van der Waals surface area contributed by atoms with Gasteiger partial charge in [0.25, 0.3) is 0 Å². The number of esters is 1. The Bertz CT molecular complexity index is 1300. The minimum atomic E-state index is -4.89. The number of alkyl halides is 6. The Kier molecular flexibility index (Phi) is 8.67. The van der Waals surface area contributed by atoms with E-state index in [1.807, 2.05) is 0 Å². The number of halogens is 6. The zero-order valence-electron chi connectivity index (χ0n) is 21.4. The Morgan fingerprint density at radius 3 is 2.08 bits per heavy atom. The zero-order chi connectivity index (χ0) is 29.0. The number of ether oxygens (including phenoxy) is 4. The number of aromatic nitrogens is 1. The lowest BCUT2D eigenvalue weighted by Gasteiger charge is -2.25. The summed E-state index contributed by atoms with van der Waals surface area (Å²) < 4.78 is 98.6. The maximum Gasteiger partial charge on any atom is 0.573 e. The lowest BCUT2D eigenvalue weighted by Crippen LogP contribution is -2.39. The third-order valence-electron chi connectivity index (χ3n) is 5.30. The van der Waals surface area contributed by atoms with E-state index in [9.17, 15) is 31.1 Å². The SMILES string of the molecule is CCOC(=O)C(C)(C)Oc1ccc(OCc2ccc(-c3ccc(OC(F)(F)F)cc3)nc2C(F)(F)F)cc1C. The third kappa shape index (κ3) is 8.01. The molecule has 0 radical (unpaired) electrons. The molecule has 0 fully saturated rings. The van der Waals surface area contributed by atoms with Gasteiger partial charge in [0.15, 0.2) is 11.3 Å². The van der Waals surface area contributed by atoms with E-state index in [0.29, 0.717) is 11.3 Å². The number of pyridine rings is 1. The molecule has 0 aliphatic carbocycles. The number of carbonyl (C=O) groups is 1. The van der Waals surface area contributed by atoms with Crippen LogP contribution in [0.1, 0.15) is 37.6 Å². The molecular weight excluding hydrogens is 532 g/mol. The van der Waals surface area contributed by atoms with Crippen molar-refractivity contribution in [3.8, 4) is 28.5 Å². The first-order chi connectivity index (χ1) is 18.1. The second-order valence-electron chi connectivity index (χ2n) is 8.82. The van der Waals surface area contributed by atoms with Crippen LogP contribution in [-0.2, 0) is 22.3 Å². The molecule has 39 heavy (non-hydrogen) atoms. The Balaban J connectivity index is 1.77. The topological polar surface area (TPSA) is 66.9 Å². The first-order valence-electron chi connectivity index (χ1n) is 11.6. The molecule has 0 spiro atoms. The van der Waals surface area contributed by atoms with Crippen molar-refractivity contribution in [3.05, 3.63) is 71.4 Å². The number of aryl methyl sites for hydroxylation is 1. The van der Waals surface area contributed by atoms with Crippen LogP contribution in [0.3, 0.4) is 0 Å². The molecule has 210 valence electrons. The smallest absolute Gasteiger partial charge is 0.489 e. The standard InChI is InChI=1S/C27H25F6NO5/c1-5-36-24(35)25(3,4)39-22-13-11-20(14-16(22)2)37-15-18-8-12-21(34-23(18)26(28,29)30)17-6-9-19(10-7-17)38-27(31,32)33/h6-14H,5,15H2,1-4H3. The number of hydrogen-bond acceptors (Lipinski definition) is 6. The number of carbonyl (C=O) groups excluding carboxylic acids is 1. The maximum absolute atomic E-state index is 13.8. The van der Waals surface area contributed by atoms with Crippen molar-refractivity contribution in [2.24, 2.45) is 0 Å². The molecule has 3 rings (SSSR count). The summed E-state index contributed by atoms with van der Waals surface area (Å²) in [7, 11) is 0. The predicted octanol–water partition coefficient (Wildman–Crippen LogP) is 7.27. The zero-order valence-corrected chi connectivity index (χ0v) is 21.4. The van der Waals surface area contributed by atoms with Gasteiger partial charge in [0.1, 0.15) is 23.9 Å². The van der Waals surface area contributed by atoms with Crippen molar-refractivity contribution < 1.29 is 50.1 Å². The van der Waals surface area contributed by atoms with Crippen molar-refractivity contribution in [2.45, 2.75) is 52.4 Å². The summed E-state index contributed by atoms with van der Waals surface area (Å²) in [5.74, 6) is -0.435. The monoisotopic (exact) mass is 557 g/mol. The van der Waals surface area contributed by atoms with E-state index in [4.69, 9.17) is 14.2 Å². The molecule has 0 saturated heterocycles. The summed E-state index contributed by atoms with van der Waals surface area (Å²) in [5.41, 5.74) is -2.05. The lowest BCUT2D eigenvalue weighted by atomic mass is 10.1. The molecule has 2 aromatic carbocycles. The van der Waals surface area contributed by atoms with Crippen molar-refractivity contribution >= 4 is 5.97 Å². The molecule has 6 nitrogen and oxygen atoms in total. The van der Waals surface area contributed by atoms with Crippen LogP contribution in [0.25, 0.3) is 11.3 Å². The summed E-state index contributed by atoms with van der Waals surface area (Å²) in [4.78, 5) is 15.8. The molecule has 0 aliphatic rings. The van der Waals surface area contributed by atoms with Gasteiger partial charge >= 0.3 is 18.5 Å². The van der Waals surface area contributed by atoms with Crippen molar-refractivity contribution in [2.75, 3.05) is 6.61 Å². The van der Waals surface area contributed by atoms with Gasteiger partial charge in [0, 0.05) is 11.1 Å². The Morgan fingerprint density at radius 2 is 1.51 bits per heavy atom. The molecule has 0 aliphatic heterocycles. The van der Waals surface area contributed by atoms with Gasteiger partial charge in [-0.1, -0.05) is 6.07 Å².